The molecule has 0 unspecified atom stereocenters. The van der Waals surface area contributed by atoms with E-state index in [-0.39, 0.29) is 0 Å². The fourth-order valence-corrected chi connectivity index (χ4v) is 2.46. The lowest BCUT2D eigenvalue weighted by Gasteiger charge is -1.87. The lowest BCUT2D eigenvalue weighted by molar-refractivity contribution is 0.428. The lowest BCUT2D eigenvalue weighted by Crippen LogP contribution is -1.64. The molecule has 0 aliphatic rings. The molecule has 0 bridgehead atoms. The molecule has 2 aromatic rings. The van der Waals surface area contributed by atoms with Crippen molar-refractivity contribution in [2.24, 2.45) is 0 Å². The highest BCUT2D eigenvalue weighted by Gasteiger charge is 2.08. The van der Waals surface area contributed by atoms with Crippen molar-refractivity contribution in [1.29, 1.82) is 0 Å². The predicted octanol–water partition coefficient (Wildman–Crippen LogP) is 3.47. The Hall–Kier alpha value is -0.610. The summed E-state index contributed by atoms with van der Waals surface area (Å²) in [4.78, 5) is 1.09. The molecule has 0 fully saturated rings. The van der Waals surface area contributed by atoms with Crippen LogP contribution in [0.2, 0.25) is 0 Å². The third-order valence-electron chi connectivity index (χ3n) is 1.47. The molecule has 0 radical (unpaired) electrons. The molecule has 2 heterocycles. The maximum atomic E-state index is 5.12. The molecule has 0 aliphatic carbocycles. The minimum absolute atomic E-state index is 0.828. The summed E-state index contributed by atoms with van der Waals surface area (Å²) in [6.07, 6.45) is 0. The number of rotatable bonds is 1. The number of aryl methyl sites for hydroxylation is 1. The Morgan fingerprint density at radius 3 is 2.92 bits per heavy atom. The fraction of sp³-hybridized carbons (Fsp3) is 0.125. The van der Waals surface area contributed by atoms with E-state index in [9.17, 15) is 0 Å². The molecule has 0 saturated heterocycles. The molecule has 0 spiro atoms. The molecule has 0 N–H and O–H groups in total. The first kappa shape index (κ1) is 8.01. The Morgan fingerprint density at radius 2 is 2.42 bits per heavy atom. The van der Waals surface area contributed by atoms with E-state index >= 15 is 0 Å². The first-order valence-electron chi connectivity index (χ1n) is 3.44. The topological polar surface area (TPSA) is 26.0 Å². The summed E-state index contributed by atoms with van der Waals surface area (Å²) in [6.45, 7) is 1.91. The smallest absolute Gasteiger partial charge is 0.178 e. The predicted molar refractivity (Wildman–Crippen MR) is 52.3 cm³/mol. The minimum Gasteiger partial charge on any atom is -0.355 e. The standard InChI is InChI=1S/C8H6BrNOS/c1-5-4-7(11-10-5)8-6(9)2-3-12-8/h2-4H,1H3. The molecule has 12 heavy (non-hydrogen) atoms. The monoisotopic (exact) mass is 243 g/mol. The van der Waals surface area contributed by atoms with Gasteiger partial charge >= 0.3 is 0 Å². The van der Waals surface area contributed by atoms with E-state index in [1.807, 2.05) is 24.4 Å². The maximum absolute atomic E-state index is 5.12. The number of nitrogens with zero attached hydrogens (tertiary/aromatic N) is 1. The van der Waals surface area contributed by atoms with Gasteiger partial charge in [-0.15, -0.1) is 11.3 Å². The van der Waals surface area contributed by atoms with Crippen LogP contribution in [-0.4, -0.2) is 5.16 Å². The van der Waals surface area contributed by atoms with Crippen LogP contribution in [-0.2, 0) is 0 Å². The molecule has 2 aromatic heterocycles. The van der Waals surface area contributed by atoms with Crippen molar-refractivity contribution in [3.8, 4) is 10.6 Å². The number of thiophene rings is 1. The van der Waals surface area contributed by atoms with Crippen LogP contribution in [0.25, 0.3) is 10.6 Å². The van der Waals surface area contributed by atoms with E-state index in [1.165, 1.54) is 0 Å². The third-order valence-corrected chi connectivity index (χ3v) is 3.32. The highest BCUT2D eigenvalue weighted by molar-refractivity contribution is 9.10. The van der Waals surface area contributed by atoms with Gasteiger partial charge in [0.2, 0.25) is 0 Å². The van der Waals surface area contributed by atoms with Crippen molar-refractivity contribution >= 4 is 27.3 Å². The van der Waals surface area contributed by atoms with Crippen LogP contribution in [0.3, 0.4) is 0 Å². The summed E-state index contributed by atoms with van der Waals surface area (Å²) in [7, 11) is 0. The average molecular weight is 244 g/mol. The Bertz CT molecular complexity index is 393. The van der Waals surface area contributed by atoms with Crippen molar-refractivity contribution < 1.29 is 4.52 Å². The van der Waals surface area contributed by atoms with E-state index < -0.39 is 0 Å². The highest BCUT2D eigenvalue weighted by atomic mass is 79.9. The van der Waals surface area contributed by atoms with Crippen LogP contribution in [0.5, 0.6) is 0 Å². The van der Waals surface area contributed by atoms with Crippen molar-refractivity contribution in [2.75, 3.05) is 0 Å². The molecule has 0 aliphatic heterocycles. The van der Waals surface area contributed by atoms with Gasteiger partial charge in [-0.2, -0.15) is 0 Å². The molecule has 0 amide bonds. The Kier molecular flexibility index (Phi) is 2.02. The van der Waals surface area contributed by atoms with Crippen LogP contribution in [0.4, 0.5) is 0 Å². The van der Waals surface area contributed by atoms with Gasteiger partial charge in [0.25, 0.3) is 0 Å². The Balaban J connectivity index is 2.50. The van der Waals surface area contributed by atoms with Crippen LogP contribution in [0.15, 0.2) is 26.5 Å². The second-order valence-electron chi connectivity index (χ2n) is 2.43. The van der Waals surface area contributed by atoms with Gasteiger partial charge in [-0.3, -0.25) is 0 Å². The van der Waals surface area contributed by atoms with Gasteiger partial charge in [-0.05, 0) is 34.3 Å². The summed E-state index contributed by atoms with van der Waals surface area (Å²) in [5.41, 5.74) is 0.908. The van der Waals surface area contributed by atoms with Crippen molar-refractivity contribution in [3.63, 3.8) is 0 Å². The van der Waals surface area contributed by atoms with E-state index in [4.69, 9.17) is 4.52 Å². The van der Waals surface area contributed by atoms with Crippen molar-refractivity contribution in [1.82, 2.24) is 5.16 Å². The van der Waals surface area contributed by atoms with E-state index in [1.54, 1.807) is 11.3 Å². The summed E-state index contributed by atoms with van der Waals surface area (Å²) in [5.74, 6) is 0.828. The zero-order valence-electron chi connectivity index (χ0n) is 6.37. The molecular formula is C8H6BrNOS. The molecule has 2 nitrogen and oxygen atoms in total. The fourth-order valence-electron chi connectivity index (χ4n) is 0.940. The molecule has 2 rings (SSSR count). The zero-order chi connectivity index (χ0) is 8.55. The summed E-state index contributed by atoms with van der Waals surface area (Å²) >= 11 is 5.07. The Morgan fingerprint density at radius 1 is 1.58 bits per heavy atom. The molecule has 4 heteroatoms. The lowest BCUT2D eigenvalue weighted by atomic mass is 10.3. The number of hydrogen-bond donors (Lipinski definition) is 0. The van der Waals surface area contributed by atoms with Gasteiger partial charge in [-0.25, -0.2) is 0 Å². The van der Waals surface area contributed by atoms with Crippen LogP contribution < -0.4 is 0 Å². The van der Waals surface area contributed by atoms with Crippen molar-refractivity contribution in [3.05, 3.63) is 27.7 Å². The van der Waals surface area contributed by atoms with Crippen LogP contribution in [0, 0.1) is 6.92 Å². The van der Waals surface area contributed by atoms with Crippen LogP contribution in [0.1, 0.15) is 5.69 Å². The quantitative estimate of drug-likeness (QED) is 0.767. The van der Waals surface area contributed by atoms with Gasteiger partial charge in [0.1, 0.15) is 0 Å². The second kappa shape index (κ2) is 3.03. The average Bonchev–Trinajstić information content (AvgIpc) is 2.58. The largest absolute Gasteiger partial charge is 0.355 e. The summed E-state index contributed by atoms with van der Waals surface area (Å²) in [6, 6.07) is 3.93. The first-order valence-corrected chi connectivity index (χ1v) is 5.11. The van der Waals surface area contributed by atoms with Gasteiger partial charge in [0.05, 0.1) is 10.6 Å². The number of halogens is 1. The van der Waals surface area contributed by atoms with Crippen molar-refractivity contribution in [2.45, 2.75) is 6.92 Å². The minimum atomic E-state index is 0.828. The molecule has 0 atom stereocenters. The molecule has 0 aromatic carbocycles. The van der Waals surface area contributed by atoms with E-state index in [0.29, 0.717) is 0 Å². The van der Waals surface area contributed by atoms with Crippen LogP contribution >= 0.6 is 27.3 Å². The maximum Gasteiger partial charge on any atom is 0.178 e. The molecular weight excluding hydrogens is 238 g/mol. The first-order chi connectivity index (χ1) is 5.77. The molecule has 0 saturated carbocycles. The van der Waals surface area contributed by atoms with E-state index in [0.717, 1.165) is 20.8 Å². The number of aromatic nitrogens is 1. The summed E-state index contributed by atoms with van der Waals surface area (Å²) in [5, 5.41) is 5.84. The normalized spacial score (nSPS) is 10.5. The second-order valence-corrected chi connectivity index (χ2v) is 4.20. The van der Waals surface area contributed by atoms with E-state index in [2.05, 4.69) is 21.1 Å². The summed E-state index contributed by atoms with van der Waals surface area (Å²) < 4.78 is 6.18. The van der Waals surface area contributed by atoms with Gasteiger partial charge in [-0.1, -0.05) is 5.16 Å². The third kappa shape index (κ3) is 1.32. The van der Waals surface area contributed by atoms with Gasteiger partial charge < -0.3 is 4.52 Å². The highest BCUT2D eigenvalue weighted by Crippen LogP contribution is 2.33. The Labute approximate surface area is 82.3 Å². The van der Waals surface area contributed by atoms with Gasteiger partial charge in [0, 0.05) is 10.5 Å². The SMILES string of the molecule is Cc1cc(-c2sccc2Br)on1. The molecule has 62 valence electrons. The number of hydrogen-bond acceptors (Lipinski definition) is 3. The van der Waals surface area contributed by atoms with Gasteiger partial charge in [0.15, 0.2) is 5.76 Å². The zero-order valence-corrected chi connectivity index (χ0v) is 8.78.